The number of nitriles is 1. The molecule has 0 aliphatic carbocycles. The molecule has 2 aliphatic heterocycles. The van der Waals surface area contributed by atoms with Crippen LogP contribution in [0.2, 0.25) is 0 Å². The Balaban J connectivity index is 1.55. The number of piperazine rings is 1. The van der Waals surface area contributed by atoms with Gasteiger partial charge in [0, 0.05) is 45.5 Å². The molecule has 0 saturated carbocycles. The fraction of sp³-hybridized carbons (Fsp3) is 0.588. The first-order valence-electron chi connectivity index (χ1n) is 8.33. The molecular formula is C17H23N5O. The van der Waals surface area contributed by atoms with E-state index in [0.29, 0.717) is 5.56 Å². The minimum absolute atomic E-state index is 0.0378. The van der Waals surface area contributed by atoms with Crippen LogP contribution in [0, 0.1) is 11.3 Å². The Bertz CT molecular complexity index is 580. The van der Waals surface area contributed by atoms with Crippen LogP contribution >= 0.6 is 0 Å². The van der Waals surface area contributed by atoms with Crippen molar-refractivity contribution >= 4 is 11.7 Å². The number of likely N-dealkylation sites (tertiary alicyclic amines) is 1. The molecule has 122 valence electrons. The number of rotatable bonds is 3. The SMILES string of the molecule is CC(C(=O)N1CCCC1)N1CCN(c2ccc(C#N)cn2)CC1. The lowest BCUT2D eigenvalue weighted by Gasteiger charge is -2.38. The Hall–Kier alpha value is -2.13. The predicted octanol–water partition coefficient (Wildman–Crippen LogP) is 1.09. The molecule has 2 aliphatic rings. The van der Waals surface area contributed by atoms with Crippen molar-refractivity contribution in [1.29, 1.82) is 5.26 Å². The molecule has 0 spiro atoms. The summed E-state index contributed by atoms with van der Waals surface area (Å²) in [6.45, 7) is 7.30. The van der Waals surface area contributed by atoms with Crippen molar-refractivity contribution in [1.82, 2.24) is 14.8 Å². The van der Waals surface area contributed by atoms with Crippen LogP contribution in [0.5, 0.6) is 0 Å². The first kappa shape index (κ1) is 15.8. The molecule has 0 radical (unpaired) electrons. The van der Waals surface area contributed by atoms with Gasteiger partial charge in [-0.2, -0.15) is 5.26 Å². The molecule has 2 saturated heterocycles. The van der Waals surface area contributed by atoms with E-state index in [9.17, 15) is 4.79 Å². The van der Waals surface area contributed by atoms with Gasteiger partial charge >= 0.3 is 0 Å². The molecule has 0 N–H and O–H groups in total. The zero-order chi connectivity index (χ0) is 16.2. The van der Waals surface area contributed by atoms with Crippen LogP contribution < -0.4 is 4.90 Å². The van der Waals surface area contributed by atoms with Gasteiger partial charge in [0.1, 0.15) is 11.9 Å². The van der Waals surface area contributed by atoms with Crippen molar-refractivity contribution < 1.29 is 4.79 Å². The zero-order valence-electron chi connectivity index (χ0n) is 13.6. The van der Waals surface area contributed by atoms with Crippen LogP contribution in [-0.2, 0) is 4.79 Å². The van der Waals surface area contributed by atoms with Gasteiger partial charge in [-0.25, -0.2) is 4.98 Å². The Labute approximate surface area is 137 Å². The fourth-order valence-corrected chi connectivity index (χ4v) is 3.34. The monoisotopic (exact) mass is 313 g/mol. The number of hydrogen-bond acceptors (Lipinski definition) is 5. The highest BCUT2D eigenvalue weighted by atomic mass is 16.2. The van der Waals surface area contributed by atoms with Crippen LogP contribution in [0.3, 0.4) is 0 Å². The lowest BCUT2D eigenvalue weighted by Crippen LogP contribution is -2.54. The Morgan fingerprint density at radius 1 is 1.17 bits per heavy atom. The minimum Gasteiger partial charge on any atom is -0.354 e. The lowest BCUT2D eigenvalue weighted by atomic mass is 10.2. The van der Waals surface area contributed by atoms with Gasteiger partial charge in [0.2, 0.25) is 5.91 Å². The highest BCUT2D eigenvalue weighted by Crippen LogP contribution is 2.17. The second-order valence-corrected chi connectivity index (χ2v) is 6.25. The summed E-state index contributed by atoms with van der Waals surface area (Å²) >= 11 is 0. The van der Waals surface area contributed by atoms with Crippen LogP contribution in [0.15, 0.2) is 18.3 Å². The smallest absolute Gasteiger partial charge is 0.239 e. The molecule has 3 rings (SSSR count). The molecule has 6 heteroatoms. The fourth-order valence-electron chi connectivity index (χ4n) is 3.34. The highest BCUT2D eigenvalue weighted by Gasteiger charge is 2.30. The molecule has 3 heterocycles. The van der Waals surface area contributed by atoms with E-state index in [0.717, 1.165) is 57.9 Å². The van der Waals surface area contributed by atoms with Crippen molar-refractivity contribution in [2.75, 3.05) is 44.2 Å². The van der Waals surface area contributed by atoms with Crippen LogP contribution in [0.4, 0.5) is 5.82 Å². The average Bonchev–Trinajstić information content (AvgIpc) is 3.15. The third-order valence-corrected chi connectivity index (χ3v) is 4.84. The summed E-state index contributed by atoms with van der Waals surface area (Å²) in [6.07, 6.45) is 3.88. The van der Waals surface area contributed by atoms with Gasteiger partial charge in [-0.1, -0.05) is 0 Å². The maximum atomic E-state index is 12.5. The van der Waals surface area contributed by atoms with E-state index in [1.165, 1.54) is 0 Å². The summed E-state index contributed by atoms with van der Waals surface area (Å²) in [6, 6.07) is 5.74. The summed E-state index contributed by atoms with van der Waals surface area (Å²) in [5.74, 6) is 1.18. The molecule has 1 unspecified atom stereocenters. The minimum atomic E-state index is -0.0378. The molecule has 6 nitrogen and oxygen atoms in total. The molecule has 1 atom stereocenters. The maximum absolute atomic E-state index is 12.5. The number of nitrogens with zero attached hydrogens (tertiary/aromatic N) is 5. The van der Waals surface area contributed by atoms with Crippen LogP contribution in [0.1, 0.15) is 25.3 Å². The summed E-state index contributed by atoms with van der Waals surface area (Å²) in [4.78, 5) is 23.3. The first-order valence-corrected chi connectivity index (χ1v) is 8.33. The maximum Gasteiger partial charge on any atom is 0.239 e. The number of anilines is 1. The number of pyridine rings is 1. The first-order chi connectivity index (χ1) is 11.2. The Kier molecular flexibility index (Phi) is 4.77. The number of carbonyl (C=O) groups excluding carboxylic acids is 1. The Morgan fingerprint density at radius 2 is 1.87 bits per heavy atom. The summed E-state index contributed by atoms with van der Waals surface area (Å²) < 4.78 is 0. The van der Waals surface area contributed by atoms with Crippen molar-refractivity contribution in [2.45, 2.75) is 25.8 Å². The molecule has 1 aromatic heterocycles. The normalized spacial score (nSPS) is 20.3. The van der Waals surface area contributed by atoms with E-state index in [2.05, 4.69) is 20.9 Å². The molecule has 23 heavy (non-hydrogen) atoms. The third-order valence-electron chi connectivity index (χ3n) is 4.84. The van der Waals surface area contributed by atoms with Gasteiger partial charge < -0.3 is 9.80 Å². The van der Waals surface area contributed by atoms with E-state index in [1.54, 1.807) is 12.3 Å². The van der Waals surface area contributed by atoms with Gasteiger partial charge in [0.25, 0.3) is 0 Å². The Morgan fingerprint density at radius 3 is 2.43 bits per heavy atom. The number of carbonyl (C=O) groups is 1. The third kappa shape index (κ3) is 3.45. The van der Waals surface area contributed by atoms with Gasteiger partial charge in [0.05, 0.1) is 11.6 Å². The molecular weight excluding hydrogens is 290 g/mol. The van der Waals surface area contributed by atoms with Gasteiger partial charge in [-0.15, -0.1) is 0 Å². The number of aromatic nitrogens is 1. The summed E-state index contributed by atoms with van der Waals surface area (Å²) in [7, 11) is 0. The van der Waals surface area contributed by atoms with Crippen LogP contribution in [0.25, 0.3) is 0 Å². The number of amides is 1. The van der Waals surface area contributed by atoms with E-state index in [4.69, 9.17) is 5.26 Å². The van der Waals surface area contributed by atoms with Crippen LogP contribution in [-0.4, -0.2) is 66.0 Å². The summed E-state index contributed by atoms with van der Waals surface area (Å²) in [5.41, 5.74) is 0.581. The molecule has 1 amide bonds. The van der Waals surface area contributed by atoms with Crippen molar-refractivity contribution in [3.63, 3.8) is 0 Å². The molecule has 0 aromatic carbocycles. The zero-order valence-corrected chi connectivity index (χ0v) is 13.6. The van der Waals surface area contributed by atoms with Crippen molar-refractivity contribution in [2.24, 2.45) is 0 Å². The standard InChI is InChI=1S/C17H23N5O/c1-14(17(23)22-6-2-3-7-22)20-8-10-21(11-9-20)16-5-4-15(12-18)13-19-16/h4-5,13-14H,2-3,6-11H2,1H3. The topological polar surface area (TPSA) is 63.5 Å². The lowest BCUT2D eigenvalue weighted by molar-refractivity contribution is -0.135. The van der Waals surface area contributed by atoms with E-state index in [-0.39, 0.29) is 11.9 Å². The predicted molar refractivity (Wildman–Crippen MR) is 88.0 cm³/mol. The van der Waals surface area contributed by atoms with E-state index in [1.807, 2.05) is 17.9 Å². The molecule has 2 fully saturated rings. The molecule has 1 aromatic rings. The highest BCUT2D eigenvalue weighted by molar-refractivity contribution is 5.81. The average molecular weight is 313 g/mol. The van der Waals surface area contributed by atoms with Gasteiger partial charge in [-0.05, 0) is 31.9 Å². The quantitative estimate of drug-likeness (QED) is 0.836. The second kappa shape index (κ2) is 6.97. The van der Waals surface area contributed by atoms with Gasteiger partial charge in [0.15, 0.2) is 0 Å². The van der Waals surface area contributed by atoms with E-state index < -0.39 is 0 Å². The number of hydrogen-bond donors (Lipinski definition) is 0. The van der Waals surface area contributed by atoms with E-state index >= 15 is 0 Å². The second-order valence-electron chi connectivity index (χ2n) is 6.25. The van der Waals surface area contributed by atoms with Crippen molar-refractivity contribution in [3.05, 3.63) is 23.9 Å². The van der Waals surface area contributed by atoms with Crippen molar-refractivity contribution in [3.8, 4) is 6.07 Å². The largest absolute Gasteiger partial charge is 0.354 e. The molecule has 0 bridgehead atoms. The summed E-state index contributed by atoms with van der Waals surface area (Å²) in [5, 5.41) is 8.83. The van der Waals surface area contributed by atoms with Gasteiger partial charge in [-0.3, -0.25) is 9.69 Å².